The van der Waals surface area contributed by atoms with E-state index in [1.807, 2.05) is 36.4 Å². The topological polar surface area (TPSA) is 101 Å². The Morgan fingerprint density at radius 1 is 1.17 bits per heavy atom. The minimum absolute atomic E-state index is 0.177. The van der Waals surface area contributed by atoms with Gasteiger partial charge in [-0.05, 0) is 48.2 Å². The molecule has 1 amide bonds. The number of likely N-dealkylation sites (N-methyl/N-ethyl adjacent to an activating group) is 1. The van der Waals surface area contributed by atoms with Crippen molar-refractivity contribution in [3.63, 3.8) is 0 Å². The number of ether oxygens (including phenoxy) is 2. The highest BCUT2D eigenvalue weighted by Gasteiger charge is 2.49. The van der Waals surface area contributed by atoms with Crippen LogP contribution in [0.2, 0.25) is 0 Å². The Hall–Kier alpha value is -3.37. The Morgan fingerprint density at radius 2 is 2.00 bits per heavy atom. The average Bonchev–Trinajstić information content (AvgIpc) is 2.97. The van der Waals surface area contributed by atoms with E-state index in [-0.39, 0.29) is 11.9 Å². The Labute approximate surface area is 169 Å². The van der Waals surface area contributed by atoms with Crippen molar-refractivity contribution in [2.24, 2.45) is 10.7 Å². The molecule has 2 heterocycles. The van der Waals surface area contributed by atoms with Gasteiger partial charge in [0, 0.05) is 19.2 Å². The van der Waals surface area contributed by atoms with E-state index >= 15 is 0 Å². The third-order valence-electron chi connectivity index (χ3n) is 5.37. The number of aliphatic imine (C=N–C) groups is 1. The zero-order valence-corrected chi connectivity index (χ0v) is 16.2. The van der Waals surface area contributed by atoms with Gasteiger partial charge in [0.1, 0.15) is 12.4 Å². The van der Waals surface area contributed by atoms with E-state index in [0.29, 0.717) is 49.5 Å². The molecule has 7 heteroatoms. The zero-order valence-electron chi connectivity index (χ0n) is 16.2. The van der Waals surface area contributed by atoms with Crippen LogP contribution in [0.25, 0.3) is 11.1 Å². The standard InChI is InChI=1S/C22H22N4O3/c1-26-20(27)22(25-21(26)24)8-3-9-28-10-11-29-19-7-6-17(13-18(19)22)16-5-2-4-15(12-16)14-23/h2,4-7,12-13H,3,8-11H2,1H3,(H2,24,25). The molecule has 0 saturated heterocycles. The number of carbonyl (C=O) groups is 1. The lowest BCUT2D eigenvalue weighted by Crippen LogP contribution is -2.41. The number of guanidine groups is 1. The Kier molecular flexibility index (Phi) is 4.95. The predicted molar refractivity (Wildman–Crippen MR) is 108 cm³/mol. The maximum atomic E-state index is 13.3. The number of carbonyl (C=O) groups excluding carboxylic acids is 1. The number of amides is 1. The quantitative estimate of drug-likeness (QED) is 0.806. The van der Waals surface area contributed by atoms with Crippen LogP contribution in [0.3, 0.4) is 0 Å². The number of rotatable bonds is 1. The van der Waals surface area contributed by atoms with E-state index < -0.39 is 5.54 Å². The minimum atomic E-state index is -1.14. The molecule has 2 aliphatic heterocycles. The van der Waals surface area contributed by atoms with E-state index in [9.17, 15) is 10.1 Å². The van der Waals surface area contributed by atoms with E-state index in [2.05, 4.69) is 11.1 Å². The van der Waals surface area contributed by atoms with Crippen LogP contribution in [-0.2, 0) is 15.1 Å². The highest BCUT2D eigenvalue weighted by molar-refractivity contribution is 6.07. The van der Waals surface area contributed by atoms with Crippen LogP contribution in [0.5, 0.6) is 5.75 Å². The van der Waals surface area contributed by atoms with Crippen molar-refractivity contribution in [2.45, 2.75) is 18.4 Å². The molecular formula is C22H22N4O3. The molecule has 0 aliphatic carbocycles. The Morgan fingerprint density at radius 3 is 2.76 bits per heavy atom. The van der Waals surface area contributed by atoms with Crippen molar-refractivity contribution < 1.29 is 14.3 Å². The van der Waals surface area contributed by atoms with Gasteiger partial charge >= 0.3 is 0 Å². The Balaban J connectivity index is 1.89. The number of nitriles is 1. The summed E-state index contributed by atoms with van der Waals surface area (Å²) < 4.78 is 11.5. The molecule has 0 fully saturated rings. The second kappa shape index (κ2) is 7.57. The summed E-state index contributed by atoms with van der Waals surface area (Å²) in [5.41, 5.74) is 7.92. The van der Waals surface area contributed by atoms with Gasteiger partial charge in [-0.2, -0.15) is 5.26 Å². The lowest BCUT2D eigenvalue weighted by Gasteiger charge is -2.29. The number of benzene rings is 2. The van der Waals surface area contributed by atoms with Crippen molar-refractivity contribution in [1.82, 2.24) is 4.90 Å². The van der Waals surface area contributed by atoms with Gasteiger partial charge in [-0.3, -0.25) is 9.69 Å². The smallest absolute Gasteiger partial charge is 0.261 e. The van der Waals surface area contributed by atoms with Crippen LogP contribution < -0.4 is 10.5 Å². The average molecular weight is 390 g/mol. The maximum absolute atomic E-state index is 13.3. The maximum Gasteiger partial charge on any atom is 0.261 e. The summed E-state index contributed by atoms with van der Waals surface area (Å²) in [6.45, 7) is 1.39. The van der Waals surface area contributed by atoms with E-state index in [1.165, 1.54) is 4.90 Å². The lowest BCUT2D eigenvalue weighted by atomic mass is 9.83. The first-order valence-electron chi connectivity index (χ1n) is 9.54. The van der Waals surface area contributed by atoms with Gasteiger partial charge in [0.2, 0.25) is 0 Å². The van der Waals surface area contributed by atoms with Crippen LogP contribution in [0.15, 0.2) is 47.5 Å². The molecule has 1 atom stereocenters. The SMILES string of the molecule is CN1C(=O)C2(CCCOCCOc3ccc(-c4cccc(C#N)c4)cc32)N=C1N. The van der Waals surface area contributed by atoms with Crippen molar-refractivity contribution in [3.8, 4) is 22.9 Å². The molecule has 1 spiro atoms. The fourth-order valence-corrected chi connectivity index (χ4v) is 3.84. The summed E-state index contributed by atoms with van der Waals surface area (Å²) >= 11 is 0. The number of hydrogen-bond acceptors (Lipinski definition) is 6. The molecule has 7 nitrogen and oxygen atoms in total. The molecule has 148 valence electrons. The molecular weight excluding hydrogens is 368 g/mol. The molecule has 2 aromatic rings. The fraction of sp³-hybridized carbons (Fsp3) is 0.318. The summed E-state index contributed by atoms with van der Waals surface area (Å²) in [6, 6.07) is 15.2. The summed E-state index contributed by atoms with van der Waals surface area (Å²) in [6.07, 6.45) is 1.14. The largest absolute Gasteiger partial charge is 0.491 e. The van der Waals surface area contributed by atoms with E-state index in [0.717, 1.165) is 11.1 Å². The first-order chi connectivity index (χ1) is 14.0. The molecule has 0 radical (unpaired) electrons. The zero-order chi connectivity index (χ0) is 20.4. The second-order valence-corrected chi connectivity index (χ2v) is 7.16. The molecule has 1 unspecified atom stereocenters. The Bertz CT molecular complexity index is 1030. The molecule has 2 N–H and O–H groups in total. The summed E-state index contributed by atoms with van der Waals surface area (Å²) in [7, 11) is 1.63. The van der Waals surface area contributed by atoms with Gasteiger partial charge in [-0.15, -0.1) is 0 Å². The first kappa shape index (κ1) is 19.0. The van der Waals surface area contributed by atoms with Gasteiger partial charge in [-0.1, -0.05) is 18.2 Å². The summed E-state index contributed by atoms with van der Waals surface area (Å²) in [4.78, 5) is 19.3. The van der Waals surface area contributed by atoms with Crippen LogP contribution in [0.4, 0.5) is 0 Å². The van der Waals surface area contributed by atoms with Gasteiger partial charge in [0.25, 0.3) is 5.91 Å². The first-order valence-corrected chi connectivity index (χ1v) is 9.54. The van der Waals surface area contributed by atoms with Crippen LogP contribution in [0.1, 0.15) is 24.0 Å². The third kappa shape index (κ3) is 3.32. The van der Waals surface area contributed by atoms with Crippen molar-refractivity contribution in [2.75, 3.05) is 26.9 Å². The highest BCUT2D eigenvalue weighted by atomic mass is 16.5. The van der Waals surface area contributed by atoms with E-state index in [1.54, 1.807) is 13.1 Å². The number of hydrogen-bond donors (Lipinski definition) is 1. The molecule has 2 aromatic carbocycles. The number of fused-ring (bicyclic) bond motifs is 2. The van der Waals surface area contributed by atoms with Crippen LogP contribution in [0, 0.1) is 11.3 Å². The lowest BCUT2D eigenvalue weighted by molar-refractivity contribution is -0.131. The van der Waals surface area contributed by atoms with Gasteiger partial charge in [0.05, 0.1) is 18.2 Å². The van der Waals surface area contributed by atoms with Crippen LogP contribution in [-0.4, -0.2) is 43.6 Å². The summed E-state index contributed by atoms with van der Waals surface area (Å²) in [5.74, 6) is 0.607. The fourth-order valence-electron chi connectivity index (χ4n) is 3.84. The number of nitrogens with zero attached hydrogens (tertiary/aromatic N) is 3. The minimum Gasteiger partial charge on any atom is -0.491 e. The van der Waals surface area contributed by atoms with Gasteiger partial charge in [-0.25, -0.2) is 4.99 Å². The predicted octanol–water partition coefficient (Wildman–Crippen LogP) is 2.40. The summed E-state index contributed by atoms with van der Waals surface area (Å²) in [5, 5.41) is 9.22. The normalized spacial score (nSPS) is 21.9. The molecule has 0 saturated carbocycles. The monoisotopic (exact) mass is 390 g/mol. The molecule has 29 heavy (non-hydrogen) atoms. The number of nitrogens with two attached hydrogens (primary N) is 1. The van der Waals surface area contributed by atoms with Gasteiger partial charge < -0.3 is 15.2 Å². The third-order valence-corrected chi connectivity index (χ3v) is 5.37. The van der Waals surface area contributed by atoms with Gasteiger partial charge in [0.15, 0.2) is 11.5 Å². The van der Waals surface area contributed by atoms with E-state index in [4.69, 9.17) is 15.2 Å². The highest BCUT2D eigenvalue weighted by Crippen LogP contribution is 2.43. The molecule has 0 aromatic heterocycles. The second-order valence-electron chi connectivity index (χ2n) is 7.16. The van der Waals surface area contributed by atoms with Crippen molar-refractivity contribution in [1.29, 1.82) is 5.26 Å². The molecule has 4 rings (SSSR count). The molecule has 2 aliphatic rings. The molecule has 0 bridgehead atoms. The van der Waals surface area contributed by atoms with Crippen molar-refractivity contribution in [3.05, 3.63) is 53.6 Å². The van der Waals surface area contributed by atoms with Crippen molar-refractivity contribution >= 4 is 11.9 Å². The van der Waals surface area contributed by atoms with Crippen LogP contribution >= 0.6 is 0 Å².